The van der Waals surface area contributed by atoms with Crippen LogP contribution in [0.5, 0.6) is 0 Å². The summed E-state index contributed by atoms with van der Waals surface area (Å²) < 4.78 is 30.3. The van der Waals surface area contributed by atoms with Crippen LogP contribution in [-0.2, 0) is 16.6 Å². The van der Waals surface area contributed by atoms with Gasteiger partial charge in [0.1, 0.15) is 0 Å². The lowest BCUT2D eigenvalue weighted by atomic mass is 10.1. The van der Waals surface area contributed by atoms with Gasteiger partial charge in [-0.1, -0.05) is 28.9 Å². The van der Waals surface area contributed by atoms with Gasteiger partial charge in [-0.15, -0.1) is 0 Å². The summed E-state index contributed by atoms with van der Waals surface area (Å²) in [5, 5.41) is 6.65. The summed E-state index contributed by atoms with van der Waals surface area (Å²) in [6, 6.07) is 12.4. The van der Waals surface area contributed by atoms with E-state index >= 15 is 0 Å². The van der Waals surface area contributed by atoms with Gasteiger partial charge in [-0.3, -0.25) is 9.52 Å². The van der Waals surface area contributed by atoms with Crippen LogP contribution in [0.15, 0.2) is 47.0 Å². The van der Waals surface area contributed by atoms with E-state index in [0.717, 1.165) is 17.4 Å². The summed E-state index contributed by atoms with van der Waals surface area (Å²) >= 11 is 0. The fraction of sp³-hybridized carbons (Fsp3) is 0.211. The van der Waals surface area contributed by atoms with Gasteiger partial charge in [0.2, 0.25) is 21.7 Å². The molecule has 0 saturated heterocycles. The first-order valence-corrected chi connectivity index (χ1v) is 10.4. The van der Waals surface area contributed by atoms with E-state index in [-0.39, 0.29) is 18.3 Å². The first-order valence-electron chi connectivity index (χ1n) is 8.47. The Morgan fingerprint density at radius 2 is 1.93 bits per heavy atom. The molecule has 0 radical (unpaired) electrons. The molecule has 146 valence electrons. The average Bonchev–Trinajstić information content (AvgIpc) is 3.09. The second-order valence-corrected chi connectivity index (χ2v) is 8.22. The largest absolute Gasteiger partial charge is 0.343 e. The highest BCUT2D eigenvalue weighted by Gasteiger charge is 2.13. The van der Waals surface area contributed by atoms with Crippen LogP contribution in [0.1, 0.15) is 27.4 Å². The van der Waals surface area contributed by atoms with E-state index in [4.69, 9.17) is 4.52 Å². The lowest BCUT2D eigenvalue weighted by Crippen LogP contribution is -2.23. The molecule has 0 fully saturated rings. The summed E-state index contributed by atoms with van der Waals surface area (Å²) in [6.45, 7) is 3.78. The predicted octanol–water partition coefficient (Wildman–Crippen LogP) is 2.65. The zero-order valence-corrected chi connectivity index (χ0v) is 16.5. The third-order valence-electron chi connectivity index (χ3n) is 3.93. The van der Waals surface area contributed by atoms with Crippen molar-refractivity contribution in [3.8, 4) is 11.4 Å². The van der Waals surface area contributed by atoms with Crippen LogP contribution in [0, 0.1) is 13.8 Å². The second kappa shape index (κ2) is 7.81. The lowest BCUT2D eigenvalue weighted by molar-refractivity contribution is 0.0946. The molecule has 0 saturated carbocycles. The minimum absolute atomic E-state index is 0.0834. The highest BCUT2D eigenvalue weighted by Crippen LogP contribution is 2.19. The number of hydrogen-bond acceptors (Lipinski definition) is 6. The van der Waals surface area contributed by atoms with Gasteiger partial charge in [0.15, 0.2) is 0 Å². The van der Waals surface area contributed by atoms with E-state index in [1.807, 2.05) is 31.2 Å². The molecule has 0 unspecified atom stereocenters. The molecule has 0 aliphatic rings. The highest BCUT2D eigenvalue weighted by atomic mass is 32.2. The summed E-state index contributed by atoms with van der Waals surface area (Å²) in [4.78, 5) is 16.6. The first-order chi connectivity index (χ1) is 13.2. The number of aryl methyl sites for hydroxylation is 2. The monoisotopic (exact) mass is 400 g/mol. The Hall–Kier alpha value is -3.20. The first kappa shape index (κ1) is 19.6. The number of carbonyl (C=O) groups excluding carboxylic acids is 1. The van der Waals surface area contributed by atoms with Crippen molar-refractivity contribution in [2.45, 2.75) is 20.4 Å². The summed E-state index contributed by atoms with van der Waals surface area (Å²) in [7, 11) is -3.38. The Bertz CT molecular complexity index is 1120. The fourth-order valence-electron chi connectivity index (χ4n) is 2.61. The molecule has 1 heterocycles. The number of benzene rings is 2. The Morgan fingerprint density at radius 1 is 1.14 bits per heavy atom. The minimum atomic E-state index is -3.38. The SMILES string of the molecule is Cc1cccc(-c2noc(CNC(=O)c3ccc(NS(C)(=O)=O)c(C)c3)n2)c1. The zero-order chi connectivity index (χ0) is 20.3. The normalized spacial score (nSPS) is 11.2. The fourth-order valence-corrected chi connectivity index (χ4v) is 3.23. The molecule has 3 rings (SSSR count). The van der Waals surface area contributed by atoms with E-state index in [0.29, 0.717) is 22.6 Å². The van der Waals surface area contributed by atoms with Crippen LogP contribution in [0.2, 0.25) is 0 Å². The van der Waals surface area contributed by atoms with E-state index in [2.05, 4.69) is 20.2 Å². The van der Waals surface area contributed by atoms with Gasteiger partial charge in [-0.2, -0.15) is 4.98 Å². The molecule has 2 aromatic carbocycles. The number of anilines is 1. The maximum atomic E-state index is 12.3. The number of sulfonamides is 1. The molecule has 0 aliphatic carbocycles. The maximum absolute atomic E-state index is 12.3. The molecule has 28 heavy (non-hydrogen) atoms. The van der Waals surface area contributed by atoms with Crippen LogP contribution in [-0.4, -0.2) is 30.7 Å². The van der Waals surface area contributed by atoms with Crippen LogP contribution < -0.4 is 10.0 Å². The van der Waals surface area contributed by atoms with Gasteiger partial charge in [-0.05, 0) is 43.7 Å². The van der Waals surface area contributed by atoms with Crippen molar-refractivity contribution in [1.82, 2.24) is 15.5 Å². The lowest BCUT2D eigenvalue weighted by Gasteiger charge is -2.09. The number of nitrogens with one attached hydrogen (secondary N) is 2. The Labute approximate surface area is 163 Å². The summed E-state index contributed by atoms with van der Waals surface area (Å²) in [6.07, 6.45) is 1.07. The van der Waals surface area contributed by atoms with Crippen LogP contribution in [0.3, 0.4) is 0 Å². The van der Waals surface area contributed by atoms with E-state index in [9.17, 15) is 13.2 Å². The zero-order valence-electron chi connectivity index (χ0n) is 15.7. The molecule has 0 bridgehead atoms. The van der Waals surface area contributed by atoms with Gasteiger partial charge in [0.25, 0.3) is 5.91 Å². The third kappa shape index (κ3) is 4.95. The van der Waals surface area contributed by atoms with Crippen molar-refractivity contribution >= 4 is 21.6 Å². The topological polar surface area (TPSA) is 114 Å². The maximum Gasteiger partial charge on any atom is 0.251 e. The standard InChI is InChI=1S/C19H20N4O4S/c1-12-5-4-6-14(9-12)18-21-17(27-22-18)11-20-19(24)15-7-8-16(13(2)10-15)23-28(3,25)26/h4-10,23H,11H2,1-3H3,(H,20,24). The number of carbonyl (C=O) groups is 1. The van der Waals surface area contributed by atoms with Crippen LogP contribution in [0.25, 0.3) is 11.4 Å². The van der Waals surface area contributed by atoms with Crippen molar-refractivity contribution in [3.05, 3.63) is 65.0 Å². The molecule has 1 aromatic heterocycles. The minimum Gasteiger partial charge on any atom is -0.343 e. The van der Waals surface area contributed by atoms with Gasteiger partial charge in [-0.25, -0.2) is 8.42 Å². The number of rotatable bonds is 6. The van der Waals surface area contributed by atoms with E-state index in [1.165, 1.54) is 0 Å². The van der Waals surface area contributed by atoms with E-state index in [1.54, 1.807) is 25.1 Å². The number of amides is 1. The summed E-state index contributed by atoms with van der Waals surface area (Å²) in [5.74, 6) is 0.418. The van der Waals surface area contributed by atoms with Crippen molar-refractivity contribution in [1.29, 1.82) is 0 Å². The molecule has 3 aromatic rings. The van der Waals surface area contributed by atoms with Crippen LogP contribution in [0.4, 0.5) is 5.69 Å². The molecule has 0 atom stereocenters. The molecular formula is C19H20N4O4S. The van der Waals surface area contributed by atoms with Crippen molar-refractivity contribution < 1.29 is 17.7 Å². The highest BCUT2D eigenvalue weighted by molar-refractivity contribution is 7.92. The molecule has 2 N–H and O–H groups in total. The van der Waals surface area contributed by atoms with Crippen molar-refractivity contribution in [2.24, 2.45) is 0 Å². The average molecular weight is 400 g/mol. The molecule has 9 heteroatoms. The van der Waals surface area contributed by atoms with Crippen LogP contribution >= 0.6 is 0 Å². The Balaban J connectivity index is 1.65. The van der Waals surface area contributed by atoms with Crippen molar-refractivity contribution in [3.63, 3.8) is 0 Å². The molecular weight excluding hydrogens is 380 g/mol. The third-order valence-corrected chi connectivity index (χ3v) is 4.52. The number of hydrogen-bond donors (Lipinski definition) is 2. The molecule has 1 amide bonds. The van der Waals surface area contributed by atoms with Gasteiger partial charge in [0.05, 0.1) is 18.5 Å². The summed E-state index contributed by atoms with van der Waals surface area (Å²) in [5.41, 5.74) is 3.39. The van der Waals surface area contributed by atoms with Gasteiger partial charge >= 0.3 is 0 Å². The Kier molecular flexibility index (Phi) is 5.46. The van der Waals surface area contributed by atoms with Gasteiger partial charge in [0, 0.05) is 11.1 Å². The smallest absolute Gasteiger partial charge is 0.251 e. The van der Waals surface area contributed by atoms with E-state index < -0.39 is 10.0 Å². The van der Waals surface area contributed by atoms with Crippen molar-refractivity contribution in [2.75, 3.05) is 11.0 Å². The molecule has 0 aliphatic heterocycles. The number of nitrogens with zero attached hydrogens (tertiary/aromatic N) is 2. The molecule has 0 spiro atoms. The number of aromatic nitrogens is 2. The quantitative estimate of drug-likeness (QED) is 0.657. The second-order valence-electron chi connectivity index (χ2n) is 6.47. The molecule has 8 nitrogen and oxygen atoms in total. The van der Waals surface area contributed by atoms with Gasteiger partial charge < -0.3 is 9.84 Å². The Morgan fingerprint density at radius 3 is 2.61 bits per heavy atom. The predicted molar refractivity (Wildman–Crippen MR) is 105 cm³/mol.